The van der Waals surface area contributed by atoms with Gasteiger partial charge in [-0.1, -0.05) is 0 Å². The van der Waals surface area contributed by atoms with Gasteiger partial charge in [-0.3, -0.25) is 9.69 Å². The molecule has 0 aromatic carbocycles. The molecule has 2 nitrogen and oxygen atoms in total. The van der Waals surface area contributed by atoms with Gasteiger partial charge in [0.1, 0.15) is 0 Å². The number of likely N-dealkylation sites (tertiary alicyclic amines) is 1. The summed E-state index contributed by atoms with van der Waals surface area (Å²) in [6, 6.07) is 0.258. The van der Waals surface area contributed by atoms with Crippen LogP contribution in [0.2, 0.25) is 0 Å². The van der Waals surface area contributed by atoms with Crippen molar-refractivity contribution in [2.75, 3.05) is 19.3 Å². The number of fused-ring (bicyclic) bond motifs is 1. The van der Waals surface area contributed by atoms with Gasteiger partial charge in [0.05, 0.1) is 11.8 Å². The van der Waals surface area contributed by atoms with Crippen molar-refractivity contribution in [3.63, 3.8) is 0 Å². The first-order valence-corrected chi connectivity index (χ1v) is 5.18. The number of likely N-dealkylation sites (N-methyl/N-ethyl adjacent to an activating group) is 1. The second-order valence-corrected chi connectivity index (χ2v) is 4.61. The number of ketones is 1. The molecule has 62 valence electrons. The molecule has 3 heteroatoms. The lowest BCUT2D eigenvalue weighted by Gasteiger charge is -2.32. The molecule has 2 aliphatic rings. The molecule has 11 heavy (non-hydrogen) atoms. The Kier molecular flexibility index (Phi) is 1.93. The van der Waals surface area contributed by atoms with E-state index in [0.717, 1.165) is 12.3 Å². The average Bonchev–Trinajstić information content (AvgIpc) is 2.34. The van der Waals surface area contributed by atoms with Crippen molar-refractivity contribution < 1.29 is 4.79 Å². The largest absolute Gasteiger partial charge is 0.297 e. The molecule has 0 aliphatic carbocycles. The van der Waals surface area contributed by atoms with Gasteiger partial charge >= 0.3 is 0 Å². The predicted octanol–water partition coefficient (Wildman–Crippen LogP) is 0.765. The molecule has 2 heterocycles. The number of carbonyl (C=O) groups excluding carboxylic acids is 1. The highest BCUT2D eigenvalue weighted by Crippen LogP contribution is 2.33. The van der Waals surface area contributed by atoms with Gasteiger partial charge in [-0.15, -0.1) is 11.8 Å². The van der Waals surface area contributed by atoms with Crippen LogP contribution in [0.3, 0.4) is 0 Å². The topological polar surface area (TPSA) is 20.3 Å². The Hall–Kier alpha value is -0.0200. The first-order valence-electron chi connectivity index (χ1n) is 4.13. The number of hydrogen-bond acceptors (Lipinski definition) is 3. The quantitative estimate of drug-likeness (QED) is 0.537. The molecule has 2 rings (SSSR count). The van der Waals surface area contributed by atoms with Gasteiger partial charge in [-0.2, -0.15) is 0 Å². The van der Waals surface area contributed by atoms with Crippen LogP contribution < -0.4 is 0 Å². The summed E-state index contributed by atoms with van der Waals surface area (Å²) in [5.41, 5.74) is 0. The smallest absolute Gasteiger partial charge is 0.160 e. The number of rotatable bonds is 0. The van der Waals surface area contributed by atoms with Crippen LogP contribution in [-0.4, -0.2) is 41.3 Å². The normalized spacial score (nSPS) is 39.2. The standard InChI is InChI=1S/C8H13NOS/c1-9-4-2-3-7-8(9)6(10)5-11-7/h7-8H,2-5H2,1H3. The molecular formula is C8H13NOS. The number of thioether (sulfide) groups is 1. The SMILES string of the molecule is CN1CCCC2SCC(=O)C21. The molecule has 2 saturated heterocycles. The first-order chi connectivity index (χ1) is 5.29. The summed E-state index contributed by atoms with van der Waals surface area (Å²) >= 11 is 1.85. The molecule has 0 aromatic heterocycles. The predicted molar refractivity (Wildman–Crippen MR) is 46.9 cm³/mol. The molecule has 0 spiro atoms. The second kappa shape index (κ2) is 2.79. The van der Waals surface area contributed by atoms with Crippen molar-refractivity contribution in [1.29, 1.82) is 0 Å². The van der Waals surface area contributed by atoms with E-state index in [-0.39, 0.29) is 6.04 Å². The molecule has 0 bridgehead atoms. The Balaban J connectivity index is 2.14. The molecule has 0 N–H and O–H groups in total. The second-order valence-electron chi connectivity index (χ2n) is 3.38. The van der Waals surface area contributed by atoms with Crippen molar-refractivity contribution in [2.24, 2.45) is 0 Å². The molecule has 2 unspecified atom stereocenters. The van der Waals surface area contributed by atoms with Crippen LogP contribution in [0.4, 0.5) is 0 Å². The molecule has 0 aromatic rings. The number of Topliss-reactive ketones (excluding diaryl/α,β-unsaturated/α-hetero) is 1. The fraction of sp³-hybridized carbons (Fsp3) is 0.875. The highest BCUT2D eigenvalue weighted by atomic mass is 32.2. The van der Waals surface area contributed by atoms with Gasteiger partial charge in [0.25, 0.3) is 0 Å². The fourth-order valence-corrected chi connectivity index (χ4v) is 3.45. The molecule has 2 fully saturated rings. The van der Waals surface area contributed by atoms with E-state index in [1.165, 1.54) is 12.8 Å². The maximum absolute atomic E-state index is 11.4. The summed E-state index contributed by atoms with van der Waals surface area (Å²) in [5, 5.41) is 0.612. The Morgan fingerprint density at radius 3 is 3.18 bits per heavy atom. The Morgan fingerprint density at radius 2 is 2.45 bits per heavy atom. The minimum atomic E-state index is 0.258. The minimum absolute atomic E-state index is 0.258. The van der Waals surface area contributed by atoms with Gasteiger partial charge in [-0.05, 0) is 26.4 Å². The van der Waals surface area contributed by atoms with Gasteiger partial charge in [-0.25, -0.2) is 0 Å². The number of carbonyl (C=O) groups is 1. The maximum atomic E-state index is 11.4. The highest BCUT2D eigenvalue weighted by Gasteiger charge is 2.39. The van der Waals surface area contributed by atoms with E-state index in [4.69, 9.17) is 0 Å². The molecular weight excluding hydrogens is 158 g/mol. The van der Waals surface area contributed by atoms with Gasteiger partial charge < -0.3 is 0 Å². The molecule has 2 atom stereocenters. The van der Waals surface area contributed by atoms with Crippen molar-refractivity contribution in [3.05, 3.63) is 0 Å². The third kappa shape index (κ3) is 1.20. The van der Waals surface area contributed by atoms with E-state index in [0.29, 0.717) is 11.0 Å². The Morgan fingerprint density at radius 1 is 1.64 bits per heavy atom. The zero-order valence-electron chi connectivity index (χ0n) is 6.75. The number of piperidine rings is 1. The minimum Gasteiger partial charge on any atom is -0.297 e. The van der Waals surface area contributed by atoms with Crippen LogP contribution in [0.5, 0.6) is 0 Å². The summed E-state index contributed by atoms with van der Waals surface area (Å²) < 4.78 is 0. The van der Waals surface area contributed by atoms with E-state index in [1.54, 1.807) is 0 Å². The van der Waals surface area contributed by atoms with Crippen LogP contribution in [0.25, 0.3) is 0 Å². The third-order valence-electron chi connectivity index (χ3n) is 2.60. The Labute approximate surface area is 71.3 Å². The zero-order chi connectivity index (χ0) is 7.84. The van der Waals surface area contributed by atoms with Gasteiger partial charge in [0.15, 0.2) is 5.78 Å². The van der Waals surface area contributed by atoms with E-state index in [2.05, 4.69) is 11.9 Å². The van der Waals surface area contributed by atoms with Crippen molar-refractivity contribution in [2.45, 2.75) is 24.1 Å². The lowest BCUT2D eigenvalue weighted by Crippen LogP contribution is -2.46. The van der Waals surface area contributed by atoms with E-state index < -0.39 is 0 Å². The van der Waals surface area contributed by atoms with E-state index in [1.807, 2.05) is 11.8 Å². The average molecular weight is 171 g/mol. The van der Waals surface area contributed by atoms with Gasteiger partial charge in [0, 0.05) is 5.25 Å². The number of hydrogen-bond donors (Lipinski definition) is 0. The monoisotopic (exact) mass is 171 g/mol. The van der Waals surface area contributed by atoms with E-state index >= 15 is 0 Å². The van der Waals surface area contributed by atoms with Crippen LogP contribution in [0, 0.1) is 0 Å². The third-order valence-corrected chi connectivity index (χ3v) is 3.97. The molecule has 2 aliphatic heterocycles. The van der Waals surface area contributed by atoms with Crippen LogP contribution in [-0.2, 0) is 4.79 Å². The van der Waals surface area contributed by atoms with Crippen LogP contribution in [0.1, 0.15) is 12.8 Å². The Bertz CT molecular complexity index is 183. The van der Waals surface area contributed by atoms with Crippen LogP contribution in [0.15, 0.2) is 0 Å². The summed E-state index contributed by atoms with van der Waals surface area (Å²) in [4.78, 5) is 13.6. The fourth-order valence-electron chi connectivity index (χ4n) is 2.02. The summed E-state index contributed by atoms with van der Waals surface area (Å²) in [6.07, 6.45) is 2.50. The van der Waals surface area contributed by atoms with E-state index in [9.17, 15) is 4.79 Å². The summed E-state index contributed by atoms with van der Waals surface area (Å²) in [7, 11) is 2.07. The first kappa shape index (κ1) is 7.62. The van der Waals surface area contributed by atoms with Crippen molar-refractivity contribution >= 4 is 17.5 Å². The lowest BCUT2D eigenvalue weighted by molar-refractivity contribution is -0.121. The maximum Gasteiger partial charge on any atom is 0.160 e. The van der Waals surface area contributed by atoms with Crippen molar-refractivity contribution in [3.8, 4) is 0 Å². The summed E-state index contributed by atoms with van der Waals surface area (Å²) in [6.45, 7) is 1.10. The number of nitrogens with zero attached hydrogens (tertiary/aromatic N) is 1. The highest BCUT2D eigenvalue weighted by molar-refractivity contribution is 8.01. The zero-order valence-corrected chi connectivity index (χ0v) is 7.56. The summed E-state index contributed by atoms with van der Waals surface area (Å²) in [5.74, 6) is 1.20. The van der Waals surface area contributed by atoms with Crippen molar-refractivity contribution in [1.82, 2.24) is 4.90 Å². The van der Waals surface area contributed by atoms with Gasteiger partial charge in [0.2, 0.25) is 0 Å². The van der Waals surface area contributed by atoms with Crippen LogP contribution >= 0.6 is 11.8 Å². The molecule has 0 radical (unpaired) electrons. The molecule has 0 amide bonds. The lowest BCUT2D eigenvalue weighted by atomic mass is 10.00. The molecule has 0 saturated carbocycles.